The van der Waals surface area contributed by atoms with E-state index in [1.54, 1.807) is 0 Å². The molecule has 0 saturated carbocycles. The molecule has 5 rings (SSSR count). The van der Waals surface area contributed by atoms with Gasteiger partial charge in [0.15, 0.2) is 0 Å². The molecule has 6 nitrogen and oxygen atoms in total. The van der Waals surface area contributed by atoms with Crippen molar-refractivity contribution in [3.05, 3.63) is 72.6 Å². The molecule has 1 atom stereocenters. The van der Waals surface area contributed by atoms with Gasteiger partial charge in [0.1, 0.15) is 5.69 Å². The fourth-order valence-electron chi connectivity index (χ4n) is 4.22. The summed E-state index contributed by atoms with van der Waals surface area (Å²) < 4.78 is 4.00. The largest absolute Gasteiger partial charge is 0.350 e. The van der Waals surface area contributed by atoms with E-state index in [9.17, 15) is 4.79 Å². The number of aryl methyl sites for hydroxylation is 1. The van der Waals surface area contributed by atoms with E-state index in [2.05, 4.69) is 33.2 Å². The Hall–Kier alpha value is -3.41. The SMILES string of the molecule is Cn1cc(CC(=O)N2CCC(n3cc(-c4ccccc4)nn3)C2)c2ccccc21. The van der Waals surface area contributed by atoms with Crippen molar-refractivity contribution in [1.82, 2.24) is 24.5 Å². The van der Waals surface area contributed by atoms with Crippen LogP contribution in [0.25, 0.3) is 22.2 Å². The second kappa shape index (κ2) is 7.20. The predicted molar refractivity (Wildman–Crippen MR) is 112 cm³/mol. The molecular weight excluding hydrogens is 362 g/mol. The fraction of sp³-hybridized carbons (Fsp3) is 0.261. The number of fused-ring (bicyclic) bond motifs is 1. The Morgan fingerprint density at radius 1 is 1.07 bits per heavy atom. The topological polar surface area (TPSA) is 56.0 Å². The number of nitrogens with zero attached hydrogens (tertiary/aromatic N) is 5. The van der Waals surface area contributed by atoms with E-state index in [0.29, 0.717) is 13.0 Å². The Bertz CT molecular complexity index is 1160. The van der Waals surface area contributed by atoms with Crippen LogP contribution in [0, 0.1) is 0 Å². The minimum absolute atomic E-state index is 0.173. The number of carbonyl (C=O) groups excluding carboxylic acids is 1. The summed E-state index contributed by atoms with van der Waals surface area (Å²) >= 11 is 0. The zero-order valence-corrected chi connectivity index (χ0v) is 16.4. The second-order valence-corrected chi connectivity index (χ2v) is 7.69. The van der Waals surface area contributed by atoms with Crippen molar-refractivity contribution in [1.29, 1.82) is 0 Å². The lowest BCUT2D eigenvalue weighted by molar-refractivity contribution is -0.129. The number of hydrogen-bond acceptors (Lipinski definition) is 3. The second-order valence-electron chi connectivity index (χ2n) is 7.69. The molecule has 1 amide bonds. The molecule has 6 heteroatoms. The molecule has 0 bridgehead atoms. The quantitative estimate of drug-likeness (QED) is 0.541. The predicted octanol–water partition coefficient (Wildman–Crippen LogP) is 3.45. The van der Waals surface area contributed by atoms with Crippen molar-refractivity contribution < 1.29 is 4.79 Å². The molecule has 2 aromatic heterocycles. The van der Waals surface area contributed by atoms with E-state index in [0.717, 1.165) is 40.7 Å². The molecule has 4 aromatic rings. The van der Waals surface area contributed by atoms with Gasteiger partial charge in [-0.05, 0) is 18.1 Å². The minimum atomic E-state index is 0.173. The number of aromatic nitrogens is 4. The molecule has 1 aliphatic rings. The number of amides is 1. The van der Waals surface area contributed by atoms with Gasteiger partial charge < -0.3 is 9.47 Å². The molecule has 1 unspecified atom stereocenters. The summed E-state index contributed by atoms with van der Waals surface area (Å²) in [4.78, 5) is 14.9. The van der Waals surface area contributed by atoms with Crippen LogP contribution >= 0.6 is 0 Å². The average molecular weight is 385 g/mol. The molecule has 0 radical (unpaired) electrons. The van der Waals surface area contributed by atoms with Crippen molar-refractivity contribution in [3.63, 3.8) is 0 Å². The smallest absolute Gasteiger partial charge is 0.227 e. The Morgan fingerprint density at radius 2 is 1.86 bits per heavy atom. The maximum absolute atomic E-state index is 12.9. The van der Waals surface area contributed by atoms with Crippen molar-refractivity contribution >= 4 is 16.8 Å². The summed E-state index contributed by atoms with van der Waals surface area (Å²) in [6.07, 6.45) is 5.39. The number of carbonyl (C=O) groups is 1. The van der Waals surface area contributed by atoms with E-state index >= 15 is 0 Å². The molecule has 1 saturated heterocycles. The van der Waals surface area contributed by atoms with Gasteiger partial charge in [0.25, 0.3) is 0 Å². The summed E-state index contributed by atoms with van der Waals surface area (Å²) in [6, 6.07) is 18.5. The van der Waals surface area contributed by atoms with E-state index in [1.165, 1.54) is 0 Å². The third-order valence-electron chi connectivity index (χ3n) is 5.79. The summed E-state index contributed by atoms with van der Waals surface area (Å²) in [5.41, 5.74) is 4.17. The van der Waals surface area contributed by atoms with Gasteiger partial charge in [0, 0.05) is 42.8 Å². The first-order valence-corrected chi connectivity index (χ1v) is 9.97. The van der Waals surface area contributed by atoms with Gasteiger partial charge >= 0.3 is 0 Å². The summed E-state index contributed by atoms with van der Waals surface area (Å²) in [5, 5.41) is 9.79. The standard InChI is InChI=1S/C23H23N5O/c1-26-14-18(20-9-5-6-10-22(20)26)13-23(29)27-12-11-19(15-27)28-16-21(24-25-28)17-7-3-2-4-8-17/h2-10,14,16,19H,11-13,15H2,1H3. The summed E-state index contributed by atoms with van der Waals surface area (Å²) in [5.74, 6) is 0.173. The highest BCUT2D eigenvalue weighted by molar-refractivity contribution is 5.89. The van der Waals surface area contributed by atoms with Crippen LogP contribution in [-0.4, -0.2) is 43.5 Å². The van der Waals surface area contributed by atoms with Gasteiger partial charge in [-0.25, -0.2) is 4.68 Å². The lowest BCUT2D eigenvalue weighted by Crippen LogP contribution is -2.30. The molecule has 2 aromatic carbocycles. The maximum atomic E-state index is 12.9. The molecule has 29 heavy (non-hydrogen) atoms. The maximum Gasteiger partial charge on any atom is 0.227 e. The lowest BCUT2D eigenvalue weighted by atomic mass is 10.1. The van der Waals surface area contributed by atoms with E-state index in [4.69, 9.17) is 0 Å². The van der Waals surface area contributed by atoms with Gasteiger partial charge in [-0.15, -0.1) is 5.10 Å². The molecule has 0 aliphatic carbocycles. The Kier molecular flexibility index (Phi) is 4.39. The van der Waals surface area contributed by atoms with Crippen molar-refractivity contribution in [3.8, 4) is 11.3 Å². The van der Waals surface area contributed by atoms with Crippen molar-refractivity contribution in [2.75, 3.05) is 13.1 Å². The molecule has 0 N–H and O–H groups in total. The van der Waals surface area contributed by atoms with Crippen LogP contribution in [-0.2, 0) is 18.3 Å². The van der Waals surface area contributed by atoms with Crippen molar-refractivity contribution in [2.24, 2.45) is 7.05 Å². The third-order valence-corrected chi connectivity index (χ3v) is 5.79. The first kappa shape index (κ1) is 17.7. The molecule has 1 aliphatic heterocycles. The minimum Gasteiger partial charge on any atom is -0.350 e. The number of likely N-dealkylation sites (tertiary alicyclic amines) is 1. The Morgan fingerprint density at radius 3 is 2.72 bits per heavy atom. The number of para-hydroxylation sites is 1. The molecule has 1 fully saturated rings. The van der Waals surface area contributed by atoms with Crippen molar-refractivity contribution in [2.45, 2.75) is 18.9 Å². The van der Waals surface area contributed by atoms with E-state index in [1.807, 2.05) is 65.3 Å². The van der Waals surface area contributed by atoms with Gasteiger partial charge in [-0.1, -0.05) is 53.7 Å². The molecule has 3 heterocycles. The highest BCUT2D eigenvalue weighted by atomic mass is 16.2. The van der Waals surface area contributed by atoms with Crippen LogP contribution < -0.4 is 0 Å². The fourth-order valence-corrected chi connectivity index (χ4v) is 4.22. The van der Waals surface area contributed by atoms with Crippen LogP contribution in [0.15, 0.2) is 67.0 Å². The summed E-state index contributed by atoms with van der Waals surface area (Å²) in [7, 11) is 2.03. The first-order valence-electron chi connectivity index (χ1n) is 9.97. The van der Waals surface area contributed by atoms with Gasteiger partial charge in [-0.2, -0.15) is 0 Å². The van der Waals surface area contributed by atoms with Crippen LogP contribution in [0.5, 0.6) is 0 Å². The van der Waals surface area contributed by atoms with Crippen LogP contribution in [0.4, 0.5) is 0 Å². The average Bonchev–Trinajstić information content (AvgIpc) is 3.48. The molecule has 146 valence electrons. The highest BCUT2D eigenvalue weighted by Crippen LogP contribution is 2.26. The number of benzene rings is 2. The van der Waals surface area contributed by atoms with Gasteiger partial charge in [0.2, 0.25) is 5.91 Å². The monoisotopic (exact) mass is 385 g/mol. The Balaban J connectivity index is 1.28. The first-order chi connectivity index (χ1) is 14.2. The normalized spacial score (nSPS) is 16.6. The number of hydrogen-bond donors (Lipinski definition) is 0. The summed E-state index contributed by atoms with van der Waals surface area (Å²) in [6.45, 7) is 1.44. The van der Waals surface area contributed by atoms with Crippen LogP contribution in [0.1, 0.15) is 18.0 Å². The van der Waals surface area contributed by atoms with Gasteiger partial charge in [-0.3, -0.25) is 4.79 Å². The van der Waals surface area contributed by atoms with E-state index < -0.39 is 0 Å². The van der Waals surface area contributed by atoms with Crippen LogP contribution in [0.2, 0.25) is 0 Å². The lowest BCUT2D eigenvalue weighted by Gasteiger charge is -2.16. The highest BCUT2D eigenvalue weighted by Gasteiger charge is 2.28. The third kappa shape index (κ3) is 3.31. The van der Waals surface area contributed by atoms with E-state index in [-0.39, 0.29) is 11.9 Å². The molecule has 0 spiro atoms. The zero-order valence-electron chi connectivity index (χ0n) is 16.4. The molecular formula is C23H23N5O. The van der Waals surface area contributed by atoms with Gasteiger partial charge in [0.05, 0.1) is 18.7 Å². The zero-order chi connectivity index (χ0) is 19.8. The van der Waals surface area contributed by atoms with Crippen LogP contribution in [0.3, 0.4) is 0 Å². The Labute approximate surface area is 169 Å². The number of rotatable bonds is 4.